The first-order valence-electron chi connectivity index (χ1n) is 17.0. The van der Waals surface area contributed by atoms with E-state index in [2.05, 4.69) is 119 Å². The first kappa shape index (κ1) is 28.9. The molecule has 5 nitrogen and oxygen atoms in total. The van der Waals surface area contributed by atoms with Gasteiger partial charge in [-0.25, -0.2) is 0 Å². The Morgan fingerprint density at radius 2 is 0.980 bits per heavy atom. The highest BCUT2D eigenvalue weighted by molar-refractivity contribution is 6.13. The zero-order valence-electron chi connectivity index (χ0n) is 27.6. The summed E-state index contributed by atoms with van der Waals surface area (Å²) in [6.07, 6.45) is -0.113. The fourth-order valence-corrected chi connectivity index (χ4v) is 8.16. The average Bonchev–Trinajstić information content (AvgIpc) is 3.71. The standard InChI is InChI=1S/C46H28N4O/c1-28-33-10-2-3-11-36(33)41-23-22-40-39-14-6-9-17-44(39)50(45(40)46(41)51-28)32-19-21-35(30(25-32)27-48)34-20-18-31(24-29(34)26-47)49-42-15-7-4-12-37(42)38-13-5-8-16-43(38)49/h2-25,28H,1H3. The normalized spacial score (nSPS) is 13.5. The number of benzene rings is 7. The van der Waals surface area contributed by atoms with Gasteiger partial charge in [-0.05, 0) is 61.0 Å². The lowest BCUT2D eigenvalue weighted by molar-refractivity contribution is 0.226. The fraction of sp³-hybridized carbons (Fsp3) is 0.0435. The summed E-state index contributed by atoms with van der Waals surface area (Å²) in [6, 6.07) is 54.6. The average molecular weight is 653 g/mol. The molecule has 3 heterocycles. The second-order valence-corrected chi connectivity index (χ2v) is 13.1. The molecule has 238 valence electrons. The SMILES string of the molecule is CC1Oc2c(ccc3c4ccccc4n(-c4ccc(-c5ccc(-n6c7ccccc7c7ccccc76)cc5C#N)c(C#N)c4)c23)-c2ccccc21. The Balaban J connectivity index is 1.15. The molecule has 51 heavy (non-hydrogen) atoms. The van der Waals surface area contributed by atoms with Crippen molar-refractivity contribution < 1.29 is 4.74 Å². The van der Waals surface area contributed by atoms with Crippen molar-refractivity contribution in [3.8, 4) is 51.5 Å². The molecular weight excluding hydrogens is 625 g/mol. The predicted molar refractivity (Wildman–Crippen MR) is 204 cm³/mol. The van der Waals surface area contributed by atoms with Gasteiger partial charge in [0, 0.05) is 55.2 Å². The van der Waals surface area contributed by atoms with Crippen molar-refractivity contribution in [2.75, 3.05) is 0 Å². The van der Waals surface area contributed by atoms with E-state index in [4.69, 9.17) is 4.74 Å². The number of nitriles is 2. The van der Waals surface area contributed by atoms with E-state index in [9.17, 15) is 10.5 Å². The van der Waals surface area contributed by atoms with Crippen molar-refractivity contribution >= 4 is 43.6 Å². The minimum atomic E-state index is -0.113. The molecule has 5 heteroatoms. The number of aromatic nitrogens is 2. The highest BCUT2D eigenvalue weighted by Crippen LogP contribution is 2.49. The third-order valence-electron chi connectivity index (χ3n) is 10.4. The molecule has 2 aromatic heterocycles. The van der Waals surface area contributed by atoms with E-state index in [1.54, 1.807) is 0 Å². The first-order valence-corrected chi connectivity index (χ1v) is 17.0. The number of hydrogen-bond donors (Lipinski definition) is 0. The molecule has 1 unspecified atom stereocenters. The molecule has 0 fully saturated rings. The van der Waals surface area contributed by atoms with Crippen molar-refractivity contribution in [3.05, 3.63) is 162 Å². The predicted octanol–water partition coefficient (Wildman–Crippen LogP) is 11.4. The Labute approximate surface area is 294 Å². The molecule has 1 atom stereocenters. The van der Waals surface area contributed by atoms with Gasteiger partial charge in [-0.15, -0.1) is 0 Å². The van der Waals surface area contributed by atoms with Crippen LogP contribution in [0.1, 0.15) is 29.7 Å². The van der Waals surface area contributed by atoms with E-state index in [-0.39, 0.29) is 6.10 Å². The third kappa shape index (κ3) is 4.13. The third-order valence-corrected chi connectivity index (χ3v) is 10.4. The lowest BCUT2D eigenvalue weighted by Gasteiger charge is -2.27. The van der Waals surface area contributed by atoms with E-state index in [0.717, 1.165) is 71.9 Å². The fourth-order valence-electron chi connectivity index (χ4n) is 8.16. The van der Waals surface area contributed by atoms with E-state index in [1.807, 2.05) is 54.6 Å². The van der Waals surface area contributed by atoms with Crippen LogP contribution < -0.4 is 4.74 Å². The van der Waals surface area contributed by atoms with E-state index < -0.39 is 0 Å². The highest BCUT2D eigenvalue weighted by Gasteiger charge is 2.28. The Bertz CT molecular complexity index is 2950. The summed E-state index contributed by atoms with van der Waals surface area (Å²) in [5, 5.41) is 25.6. The Kier molecular flexibility index (Phi) is 6.21. The monoisotopic (exact) mass is 652 g/mol. The molecule has 0 spiro atoms. The summed E-state index contributed by atoms with van der Waals surface area (Å²) in [5.74, 6) is 0.838. The van der Waals surface area contributed by atoms with Crippen LogP contribution in [0.25, 0.3) is 77.2 Å². The number of rotatable bonds is 3. The molecule has 0 amide bonds. The molecule has 1 aliphatic rings. The van der Waals surface area contributed by atoms with Crippen LogP contribution in [0.3, 0.4) is 0 Å². The molecule has 0 aliphatic carbocycles. The summed E-state index contributed by atoms with van der Waals surface area (Å²) >= 11 is 0. The largest absolute Gasteiger partial charge is 0.483 e. The Morgan fingerprint density at radius 1 is 0.490 bits per heavy atom. The van der Waals surface area contributed by atoms with Crippen molar-refractivity contribution in [2.24, 2.45) is 0 Å². The van der Waals surface area contributed by atoms with Crippen LogP contribution in [0.5, 0.6) is 5.75 Å². The summed E-state index contributed by atoms with van der Waals surface area (Å²) in [4.78, 5) is 0. The van der Waals surface area contributed by atoms with Gasteiger partial charge < -0.3 is 13.9 Å². The van der Waals surface area contributed by atoms with E-state index >= 15 is 0 Å². The van der Waals surface area contributed by atoms with Gasteiger partial charge in [0.1, 0.15) is 6.10 Å². The molecule has 1 aliphatic heterocycles. The number of nitrogens with zero attached hydrogens (tertiary/aromatic N) is 4. The van der Waals surface area contributed by atoms with Crippen molar-refractivity contribution in [1.82, 2.24) is 9.13 Å². The van der Waals surface area contributed by atoms with Crippen LogP contribution in [0.2, 0.25) is 0 Å². The zero-order chi connectivity index (χ0) is 34.2. The molecule has 0 N–H and O–H groups in total. The van der Waals surface area contributed by atoms with Crippen LogP contribution in [0, 0.1) is 22.7 Å². The van der Waals surface area contributed by atoms with Gasteiger partial charge in [-0.1, -0.05) is 97.1 Å². The van der Waals surface area contributed by atoms with Gasteiger partial charge in [-0.2, -0.15) is 10.5 Å². The van der Waals surface area contributed by atoms with Crippen LogP contribution in [-0.2, 0) is 0 Å². The van der Waals surface area contributed by atoms with Gasteiger partial charge in [0.05, 0.1) is 45.3 Å². The number of fused-ring (bicyclic) bond motifs is 10. The van der Waals surface area contributed by atoms with Gasteiger partial charge in [0.15, 0.2) is 5.75 Å². The van der Waals surface area contributed by atoms with Crippen LogP contribution in [0.15, 0.2) is 146 Å². The zero-order valence-corrected chi connectivity index (χ0v) is 27.6. The maximum Gasteiger partial charge on any atom is 0.152 e. The van der Waals surface area contributed by atoms with Crippen molar-refractivity contribution in [3.63, 3.8) is 0 Å². The highest BCUT2D eigenvalue weighted by atomic mass is 16.5. The van der Waals surface area contributed by atoms with Gasteiger partial charge in [-0.3, -0.25) is 0 Å². The van der Waals surface area contributed by atoms with Crippen LogP contribution >= 0.6 is 0 Å². The lowest BCUT2D eigenvalue weighted by Crippen LogP contribution is -2.12. The first-order chi connectivity index (χ1) is 25.1. The summed E-state index contributed by atoms with van der Waals surface area (Å²) in [5.41, 5.74) is 11.7. The summed E-state index contributed by atoms with van der Waals surface area (Å²) < 4.78 is 11.1. The summed E-state index contributed by atoms with van der Waals surface area (Å²) in [7, 11) is 0. The molecule has 0 bridgehead atoms. The van der Waals surface area contributed by atoms with Crippen molar-refractivity contribution in [1.29, 1.82) is 10.5 Å². The second kappa shape index (κ2) is 11.0. The Morgan fingerprint density at radius 3 is 1.59 bits per heavy atom. The van der Waals surface area contributed by atoms with Gasteiger partial charge in [0.25, 0.3) is 0 Å². The summed E-state index contributed by atoms with van der Waals surface area (Å²) in [6.45, 7) is 2.09. The molecule has 7 aromatic carbocycles. The number of ether oxygens (including phenoxy) is 1. The molecule has 0 radical (unpaired) electrons. The van der Waals surface area contributed by atoms with Gasteiger partial charge >= 0.3 is 0 Å². The number of hydrogen-bond acceptors (Lipinski definition) is 3. The van der Waals surface area contributed by atoms with E-state index in [0.29, 0.717) is 16.7 Å². The lowest BCUT2D eigenvalue weighted by atomic mass is 9.92. The van der Waals surface area contributed by atoms with E-state index in [1.165, 1.54) is 11.1 Å². The maximum atomic E-state index is 10.6. The Hall–Kier alpha value is -7.08. The molecule has 9 aromatic rings. The topological polar surface area (TPSA) is 66.7 Å². The molecular formula is C46H28N4O. The second-order valence-electron chi connectivity index (χ2n) is 13.1. The minimum absolute atomic E-state index is 0.113. The quantitative estimate of drug-likeness (QED) is 0.191. The van der Waals surface area contributed by atoms with Crippen LogP contribution in [0.4, 0.5) is 0 Å². The van der Waals surface area contributed by atoms with Gasteiger partial charge in [0.2, 0.25) is 0 Å². The number of para-hydroxylation sites is 3. The molecule has 0 saturated heterocycles. The molecule has 10 rings (SSSR count). The maximum absolute atomic E-state index is 10.6. The minimum Gasteiger partial charge on any atom is -0.483 e. The molecule has 0 saturated carbocycles. The van der Waals surface area contributed by atoms with Crippen LogP contribution in [-0.4, -0.2) is 9.13 Å². The van der Waals surface area contributed by atoms with Crippen molar-refractivity contribution in [2.45, 2.75) is 13.0 Å². The smallest absolute Gasteiger partial charge is 0.152 e.